The Morgan fingerprint density at radius 2 is 1.79 bits per heavy atom. The third kappa shape index (κ3) is 2.27. The fourth-order valence-corrected chi connectivity index (χ4v) is 4.03. The molecule has 0 aromatic heterocycles. The number of benzene rings is 1. The van der Waals surface area contributed by atoms with E-state index < -0.39 is 0 Å². The van der Waals surface area contributed by atoms with Crippen LogP contribution in [-0.4, -0.2) is 25.2 Å². The largest absolute Gasteiger partial charge is 0.365 e. The molecule has 0 spiro atoms. The van der Waals surface area contributed by atoms with Gasteiger partial charge in [-0.3, -0.25) is 0 Å². The first-order valence-electron chi connectivity index (χ1n) is 7.72. The van der Waals surface area contributed by atoms with Crippen LogP contribution in [0.4, 0.5) is 5.69 Å². The maximum atomic E-state index is 3.50. The van der Waals surface area contributed by atoms with Crippen LogP contribution in [0.1, 0.15) is 43.2 Å². The lowest BCUT2D eigenvalue weighted by Gasteiger charge is -2.51. The fourth-order valence-electron chi connectivity index (χ4n) is 4.03. The van der Waals surface area contributed by atoms with Gasteiger partial charge in [0.15, 0.2) is 0 Å². The summed E-state index contributed by atoms with van der Waals surface area (Å²) in [6.07, 6.45) is 6.75. The van der Waals surface area contributed by atoms with Crippen molar-refractivity contribution in [1.82, 2.24) is 5.32 Å². The Hall–Kier alpha value is -1.02. The second-order valence-electron chi connectivity index (χ2n) is 6.32. The van der Waals surface area contributed by atoms with Crippen LogP contribution in [0.25, 0.3) is 0 Å². The highest BCUT2D eigenvalue weighted by atomic mass is 15.2. The van der Waals surface area contributed by atoms with Gasteiger partial charge in [0.05, 0.1) is 0 Å². The van der Waals surface area contributed by atoms with Crippen molar-refractivity contribution in [1.29, 1.82) is 0 Å². The highest BCUT2D eigenvalue weighted by Gasteiger charge is 2.38. The van der Waals surface area contributed by atoms with E-state index in [9.17, 15) is 0 Å². The third-order valence-corrected chi connectivity index (χ3v) is 5.24. The van der Waals surface area contributed by atoms with Crippen LogP contribution in [0.5, 0.6) is 0 Å². The fraction of sp³-hybridized carbons (Fsp3) is 0.647. The lowest BCUT2D eigenvalue weighted by atomic mass is 9.81. The summed E-state index contributed by atoms with van der Waals surface area (Å²) in [5, 5.41) is 3.50. The van der Waals surface area contributed by atoms with Gasteiger partial charge in [-0.2, -0.15) is 0 Å². The average Bonchev–Trinajstić information content (AvgIpc) is 2.40. The molecule has 2 heterocycles. The lowest BCUT2D eigenvalue weighted by molar-refractivity contribution is 0.252. The molecule has 2 aliphatic rings. The van der Waals surface area contributed by atoms with Gasteiger partial charge in [-0.15, -0.1) is 0 Å². The molecular weight excluding hydrogens is 232 g/mol. The Morgan fingerprint density at radius 1 is 1.11 bits per heavy atom. The molecule has 3 rings (SSSR count). The van der Waals surface area contributed by atoms with Crippen molar-refractivity contribution in [3.8, 4) is 0 Å². The molecule has 0 radical (unpaired) electrons. The van der Waals surface area contributed by atoms with Crippen molar-refractivity contribution < 1.29 is 0 Å². The van der Waals surface area contributed by atoms with Gasteiger partial charge in [0, 0.05) is 23.8 Å². The topological polar surface area (TPSA) is 15.3 Å². The van der Waals surface area contributed by atoms with E-state index in [2.05, 4.69) is 49.3 Å². The summed E-state index contributed by atoms with van der Waals surface area (Å²) in [6.45, 7) is 4.51. The standard InChI is InChI=1S/C17H26N2/c1-12-6-4-9-17(13(12)2)19-15-7-5-8-16(19)11-14(10-15)18-3/h4,6,9,14-16,18H,5,7-8,10-11H2,1-3H3. The quantitative estimate of drug-likeness (QED) is 0.874. The summed E-state index contributed by atoms with van der Waals surface area (Å²) in [4.78, 5) is 2.75. The molecule has 2 atom stereocenters. The number of anilines is 1. The van der Waals surface area contributed by atoms with Gasteiger partial charge in [0.2, 0.25) is 0 Å². The van der Waals surface area contributed by atoms with Gasteiger partial charge in [0.1, 0.15) is 0 Å². The Morgan fingerprint density at radius 3 is 2.42 bits per heavy atom. The van der Waals surface area contributed by atoms with E-state index in [0.29, 0.717) is 0 Å². The molecule has 0 aliphatic carbocycles. The molecule has 2 heteroatoms. The first kappa shape index (κ1) is 13.0. The van der Waals surface area contributed by atoms with E-state index in [1.54, 1.807) is 0 Å². The van der Waals surface area contributed by atoms with Crippen molar-refractivity contribution >= 4 is 5.69 Å². The number of nitrogens with one attached hydrogen (secondary N) is 1. The molecule has 2 fully saturated rings. The minimum Gasteiger partial charge on any atom is -0.365 e. The van der Waals surface area contributed by atoms with Crippen molar-refractivity contribution in [2.75, 3.05) is 11.9 Å². The van der Waals surface area contributed by atoms with E-state index in [1.807, 2.05) is 0 Å². The summed E-state index contributed by atoms with van der Waals surface area (Å²) < 4.78 is 0. The Bertz CT molecular complexity index is 441. The minimum atomic E-state index is 0.719. The molecule has 1 aromatic carbocycles. The van der Waals surface area contributed by atoms with Crippen LogP contribution < -0.4 is 10.2 Å². The molecule has 2 bridgehead atoms. The number of rotatable bonds is 2. The third-order valence-electron chi connectivity index (χ3n) is 5.24. The summed E-state index contributed by atoms with van der Waals surface area (Å²) in [5.41, 5.74) is 4.39. The van der Waals surface area contributed by atoms with Crippen molar-refractivity contribution in [2.24, 2.45) is 0 Å². The van der Waals surface area contributed by atoms with Gasteiger partial charge in [-0.25, -0.2) is 0 Å². The predicted molar refractivity (Wildman–Crippen MR) is 81.9 cm³/mol. The molecule has 19 heavy (non-hydrogen) atoms. The van der Waals surface area contributed by atoms with Crippen LogP contribution >= 0.6 is 0 Å². The Balaban J connectivity index is 1.94. The summed E-state index contributed by atoms with van der Waals surface area (Å²) in [5.74, 6) is 0. The zero-order valence-electron chi connectivity index (χ0n) is 12.4. The molecule has 104 valence electrons. The molecule has 0 amide bonds. The number of hydrogen-bond acceptors (Lipinski definition) is 2. The highest BCUT2D eigenvalue weighted by Crippen LogP contribution is 2.39. The van der Waals surface area contributed by atoms with Crippen LogP contribution in [0.2, 0.25) is 0 Å². The zero-order valence-corrected chi connectivity index (χ0v) is 12.4. The van der Waals surface area contributed by atoms with Gasteiger partial charge in [-0.05, 0) is 70.2 Å². The number of hydrogen-bond donors (Lipinski definition) is 1. The van der Waals surface area contributed by atoms with Crippen LogP contribution in [0.15, 0.2) is 18.2 Å². The van der Waals surface area contributed by atoms with Crippen LogP contribution in [0.3, 0.4) is 0 Å². The Labute approximate surface area is 117 Å². The van der Waals surface area contributed by atoms with Crippen molar-refractivity contribution in [3.05, 3.63) is 29.3 Å². The number of piperidine rings is 2. The van der Waals surface area contributed by atoms with Gasteiger partial charge in [0.25, 0.3) is 0 Å². The molecular formula is C17H26N2. The number of nitrogens with zero attached hydrogens (tertiary/aromatic N) is 1. The summed E-state index contributed by atoms with van der Waals surface area (Å²) in [6, 6.07) is 8.98. The van der Waals surface area contributed by atoms with E-state index in [0.717, 1.165) is 18.1 Å². The van der Waals surface area contributed by atoms with Crippen molar-refractivity contribution in [2.45, 2.75) is 64.1 Å². The maximum absolute atomic E-state index is 3.50. The predicted octanol–water partition coefficient (Wildman–Crippen LogP) is 3.41. The summed E-state index contributed by atoms with van der Waals surface area (Å²) >= 11 is 0. The van der Waals surface area contributed by atoms with E-state index in [4.69, 9.17) is 0 Å². The molecule has 2 unspecified atom stereocenters. The Kier molecular flexibility index (Phi) is 3.53. The second-order valence-corrected chi connectivity index (χ2v) is 6.32. The lowest BCUT2D eigenvalue weighted by Crippen LogP contribution is -2.56. The molecule has 2 nitrogen and oxygen atoms in total. The normalized spacial score (nSPS) is 30.5. The zero-order chi connectivity index (χ0) is 13.4. The second kappa shape index (κ2) is 5.16. The minimum absolute atomic E-state index is 0.719. The molecule has 1 N–H and O–H groups in total. The monoisotopic (exact) mass is 258 g/mol. The molecule has 1 aromatic rings. The van der Waals surface area contributed by atoms with Gasteiger partial charge >= 0.3 is 0 Å². The smallest absolute Gasteiger partial charge is 0.0403 e. The first-order chi connectivity index (χ1) is 9.20. The highest BCUT2D eigenvalue weighted by molar-refractivity contribution is 5.58. The molecule has 2 saturated heterocycles. The van der Waals surface area contributed by atoms with E-state index >= 15 is 0 Å². The van der Waals surface area contributed by atoms with Gasteiger partial charge in [-0.1, -0.05) is 12.1 Å². The number of fused-ring (bicyclic) bond motifs is 2. The maximum Gasteiger partial charge on any atom is 0.0403 e. The average molecular weight is 258 g/mol. The molecule has 0 saturated carbocycles. The van der Waals surface area contributed by atoms with Crippen molar-refractivity contribution in [3.63, 3.8) is 0 Å². The van der Waals surface area contributed by atoms with E-state index in [1.165, 1.54) is 48.9 Å². The van der Waals surface area contributed by atoms with Crippen LogP contribution in [0, 0.1) is 13.8 Å². The first-order valence-corrected chi connectivity index (χ1v) is 7.72. The SMILES string of the molecule is CNC1CC2CCCC(C1)N2c1cccc(C)c1C. The molecule has 2 aliphatic heterocycles. The summed E-state index contributed by atoms with van der Waals surface area (Å²) in [7, 11) is 2.12. The number of aryl methyl sites for hydroxylation is 1. The van der Waals surface area contributed by atoms with Gasteiger partial charge < -0.3 is 10.2 Å². The van der Waals surface area contributed by atoms with E-state index in [-0.39, 0.29) is 0 Å². The van der Waals surface area contributed by atoms with Crippen LogP contribution in [-0.2, 0) is 0 Å².